The van der Waals surface area contributed by atoms with Crippen molar-refractivity contribution in [2.45, 2.75) is 110 Å². The highest BCUT2D eigenvalue weighted by Gasteiger charge is 1.96. The van der Waals surface area contributed by atoms with Gasteiger partial charge in [-0.25, -0.2) is 0 Å². The minimum atomic E-state index is -0.208. The molecule has 0 bridgehead atoms. The highest BCUT2D eigenvalue weighted by atomic mass is 16.1. The lowest BCUT2D eigenvalue weighted by Gasteiger charge is -2.03. The summed E-state index contributed by atoms with van der Waals surface area (Å²) in [4.78, 5) is 10.5. The predicted octanol–water partition coefficient (Wildman–Crippen LogP) is 5.94. The topological polar surface area (TPSA) is 43.1 Å². The number of rotatable bonds is 17. The Kier molecular flexibility index (Phi) is 17.1. The van der Waals surface area contributed by atoms with E-state index in [1.165, 1.54) is 89.9 Å². The van der Waals surface area contributed by atoms with Crippen LogP contribution in [0.25, 0.3) is 0 Å². The van der Waals surface area contributed by atoms with Crippen LogP contribution in [0.1, 0.15) is 110 Å². The van der Waals surface area contributed by atoms with Crippen LogP contribution in [0.5, 0.6) is 0 Å². The Bertz CT molecular complexity index is 216. The molecule has 1 amide bonds. The first kappa shape index (κ1) is 20.5. The number of nitrogens with two attached hydrogens (primary N) is 1. The number of hydrogen-bond acceptors (Lipinski definition) is 1. The summed E-state index contributed by atoms with van der Waals surface area (Å²) in [6.45, 7) is 2.28. The van der Waals surface area contributed by atoms with E-state index >= 15 is 0 Å². The Morgan fingerprint density at radius 2 is 1.10 bits per heavy atom. The van der Waals surface area contributed by atoms with Gasteiger partial charge in [0.25, 0.3) is 0 Å². The number of unbranched alkanes of at least 4 members (excludes halogenated alkanes) is 15. The van der Waals surface area contributed by atoms with E-state index in [4.69, 9.17) is 5.73 Å². The molecule has 2 N–H and O–H groups in total. The minimum absolute atomic E-state index is 0.208. The third-order valence-electron chi connectivity index (χ3n) is 4.11. The van der Waals surface area contributed by atoms with Crippen LogP contribution in [-0.2, 0) is 4.79 Å². The first-order chi connectivity index (χ1) is 10.3. The maximum absolute atomic E-state index is 10.5. The number of amides is 1. The number of carbonyl (C=O) groups is 1. The number of hydrogen-bond donors (Lipinski definition) is 1. The van der Waals surface area contributed by atoms with Crippen LogP contribution in [0.15, 0.2) is 0 Å². The first-order valence-electron chi connectivity index (χ1n) is 9.37. The normalized spacial score (nSPS) is 10.9. The molecule has 0 saturated carbocycles. The molecule has 0 aliphatic carbocycles. The molecule has 0 fully saturated rings. The molecule has 0 atom stereocenters. The van der Waals surface area contributed by atoms with Crippen molar-refractivity contribution in [1.29, 1.82) is 0 Å². The Hall–Kier alpha value is -0.530. The van der Waals surface area contributed by atoms with Crippen molar-refractivity contribution in [2.75, 3.05) is 0 Å². The fourth-order valence-corrected chi connectivity index (χ4v) is 2.73. The fraction of sp³-hybridized carbons (Fsp3) is 0.895. The second-order valence-electron chi connectivity index (χ2n) is 6.34. The summed E-state index contributed by atoms with van der Waals surface area (Å²) in [5, 5.41) is 0. The molecule has 0 aromatic heterocycles. The molecule has 0 rings (SSSR count). The lowest BCUT2D eigenvalue weighted by Crippen LogP contribution is -2.09. The minimum Gasteiger partial charge on any atom is -0.370 e. The van der Waals surface area contributed by atoms with E-state index in [0.717, 1.165) is 6.42 Å². The Morgan fingerprint density at radius 3 is 1.48 bits per heavy atom. The van der Waals surface area contributed by atoms with Crippen molar-refractivity contribution < 1.29 is 4.79 Å². The second kappa shape index (κ2) is 17.5. The molecule has 0 saturated heterocycles. The summed E-state index contributed by atoms with van der Waals surface area (Å²) in [6.07, 6.45) is 23.0. The van der Waals surface area contributed by atoms with E-state index in [1.807, 2.05) is 6.42 Å². The van der Waals surface area contributed by atoms with Gasteiger partial charge in [-0.3, -0.25) is 4.79 Å². The summed E-state index contributed by atoms with van der Waals surface area (Å²) in [5.74, 6) is -0.208. The van der Waals surface area contributed by atoms with Crippen LogP contribution in [0, 0.1) is 6.42 Å². The van der Waals surface area contributed by atoms with Gasteiger partial charge < -0.3 is 5.73 Å². The molecule has 21 heavy (non-hydrogen) atoms. The van der Waals surface area contributed by atoms with Gasteiger partial charge in [0.2, 0.25) is 5.91 Å². The van der Waals surface area contributed by atoms with Crippen molar-refractivity contribution in [3.8, 4) is 0 Å². The highest BCUT2D eigenvalue weighted by Crippen LogP contribution is 2.13. The molecule has 0 aliphatic heterocycles. The van der Waals surface area contributed by atoms with Gasteiger partial charge in [-0.1, -0.05) is 96.8 Å². The molecule has 1 radical (unpaired) electrons. The van der Waals surface area contributed by atoms with Gasteiger partial charge in [-0.15, -0.1) is 0 Å². The summed E-state index contributed by atoms with van der Waals surface area (Å²) >= 11 is 0. The molecule has 0 aromatic carbocycles. The largest absolute Gasteiger partial charge is 0.370 e. The lowest BCUT2D eigenvalue weighted by molar-refractivity contribution is -0.117. The van der Waals surface area contributed by atoms with Crippen LogP contribution in [0.3, 0.4) is 0 Å². The van der Waals surface area contributed by atoms with Crippen LogP contribution >= 0.6 is 0 Å². The third-order valence-corrected chi connectivity index (χ3v) is 4.11. The molecule has 125 valence electrons. The average Bonchev–Trinajstić information content (AvgIpc) is 2.46. The lowest BCUT2D eigenvalue weighted by atomic mass is 10.0. The van der Waals surface area contributed by atoms with Crippen molar-refractivity contribution in [3.05, 3.63) is 6.42 Å². The Labute approximate surface area is 133 Å². The third kappa shape index (κ3) is 19.5. The number of primary amides is 1. The molecule has 0 aliphatic rings. The Balaban J connectivity index is 2.95. The van der Waals surface area contributed by atoms with Gasteiger partial charge >= 0.3 is 0 Å². The van der Waals surface area contributed by atoms with Crippen LogP contribution in [0.4, 0.5) is 0 Å². The van der Waals surface area contributed by atoms with E-state index in [9.17, 15) is 4.79 Å². The number of carbonyl (C=O) groups excluding carboxylic acids is 1. The molecule has 0 heterocycles. The van der Waals surface area contributed by atoms with Crippen molar-refractivity contribution >= 4 is 5.91 Å². The van der Waals surface area contributed by atoms with Crippen molar-refractivity contribution in [1.82, 2.24) is 0 Å². The molecule has 2 nitrogen and oxygen atoms in total. The molecule has 0 unspecified atom stereocenters. The van der Waals surface area contributed by atoms with Gasteiger partial charge in [0.1, 0.15) is 0 Å². The predicted molar refractivity (Wildman–Crippen MR) is 93.0 cm³/mol. The van der Waals surface area contributed by atoms with Crippen LogP contribution < -0.4 is 5.73 Å². The van der Waals surface area contributed by atoms with Gasteiger partial charge in [-0.05, 0) is 12.8 Å². The Morgan fingerprint density at radius 1 is 0.714 bits per heavy atom. The molecule has 0 spiro atoms. The maximum Gasteiger partial charge on any atom is 0.217 e. The summed E-state index contributed by atoms with van der Waals surface area (Å²) < 4.78 is 0. The van der Waals surface area contributed by atoms with E-state index in [-0.39, 0.29) is 5.91 Å². The first-order valence-corrected chi connectivity index (χ1v) is 9.37. The van der Waals surface area contributed by atoms with Gasteiger partial charge in [-0.2, -0.15) is 0 Å². The fourth-order valence-electron chi connectivity index (χ4n) is 2.73. The molecule has 2 heteroatoms. The van der Waals surface area contributed by atoms with E-state index < -0.39 is 0 Å². The maximum atomic E-state index is 10.5. The second-order valence-corrected chi connectivity index (χ2v) is 6.34. The van der Waals surface area contributed by atoms with Crippen molar-refractivity contribution in [2.24, 2.45) is 5.73 Å². The van der Waals surface area contributed by atoms with E-state index in [0.29, 0.717) is 6.42 Å². The van der Waals surface area contributed by atoms with Gasteiger partial charge in [0.15, 0.2) is 0 Å². The smallest absolute Gasteiger partial charge is 0.217 e. The average molecular weight is 297 g/mol. The SMILES string of the molecule is CCCCCCCCCCCCCCCC[CH]CC(N)=O. The molecular weight excluding hydrogens is 258 g/mol. The standard InChI is InChI=1S/C19H38NO/c1-2-3-4-5-6-7-8-9-10-11-12-13-14-15-16-17-18-19(20)21/h17H,2-16,18H2,1H3,(H2,20,21). The zero-order chi connectivity index (χ0) is 15.6. The zero-order valence-corrected chi connectivity index (χ0v) is 14.4. The van der Waals surface area contributed by atoms with E-state index in [2.05, 4.69) is 6.92 Å². The van der Waals surface area contributed by atoms with Gasteiger partial charge in [0, 0.05) is 6.42 Å². The quantitative estimate of drug-likeness (QED) is 0.332. The van der Waals surface area contributed by atoms with Crippen LogP contribution in [0.2, 0.25) is 0 Å². The zero-order valence-electron chi connectivity index (χ0n) is 14.4. The van der Waals surface area contributed by atoms with E-state index in [1.54, 1.807) is 0 Å². The van der Waals surface area contributed by atoms with Crippen LogP contribution in [-0.4, -0.2) is 5.91 Å². The van der Waals surface area contributed by atoms with Gasteiger partial charge in [0.05, 0.1) is 0 Å². The summed E-state index contributed by atoms with van der Waals surface area (Å²) in [6, 6.07) is 0. The summed E-state index contributed by atoms with van der Waals surface area (Å²) in [7, 11) is 0. The highest BCUT2D eigenvalue weighted by molar-refractivity contribution is 5.74. The molecular formula is C19H38NO. The summed E-state index contributed by atoms with van der Waals surface area (Å²) in [5.41, 5.74) is 5.08. The van der Waals surface area contributed by atoms with Crippen molar-refractivity contribution in [3.63, 3.8) is 0 Å². The molecule has 0 aromatic rings. The monoisotopic (exact) mass is 296 g/mol.